The predicted octanol–water partition coefficient (Wildman–Crippen LogP) is 3.54. The average molecular weight is 450 g/mol. The first kappa shape index (κ1) is 29.2. The zero-order valence-electron chi connectivity index (χ0n) is 20.7. The fourth-order valence-corrected chi connectivity index (χ4v) is 5.24. The fourth-order valence-electron chi connectivity index (χ4n) is 3.55. The van der Waals surface area contributed by atoms with Gasteiger partial charge in [-0.1, -0.05) is 32.6 Å². The summed E-state index contributed by atoms with van der Waals surface area (Å²) in [6.45, 7) is 15.7. The van der Waals surface area contributed by atoms with Crippen molar-refractivity contribution in [3.63, 3.8) is 0 Å². The van der Waals surface area contributed by atoms with Gasteiger partial charge in [0.25, 0.3) is 0 Å². The minimum atomic E-state index is -0.251. The third-order valence-corrected chi connectivity index (χ3v) is 7.52. The second-order valence-corrected chi connectivity index (χ2v) is 12.7. The van der Waals surface area contributed by atoms with Crippen molar-refractivity contribution >= 4 is 19.5 Å². The molecular weight excluding hydrogens is 398 g/mol. The molecular formula is C22H51NO4Si2. The van der Waals surface area contributed by atoms with Gasteiger partial charge in [0.15, 0.2) is 19.5 Å². The lowest BCUT2D eigenvalue weighted by atomic mass is 10.1. The Morgan fingerprint density at radius 2 is 1.07 bits per heavy atom. The molecule has 0 aliphatic rings. The van der Waals surface area contributed by atoms with Gasteiger partial charge < -0.3 is 18.3 Å². The zero-order valence-corrected chi connectivity index (χ0v) is 23.5. The Hall–Kier alpha value is 0.234. The lowest BCUT2D eigenvalue weighted by Crippen LogP contribution is -2.47. The topological polar surface area (TPSA) is 40.2 Å². The van der Waals surface area contributed by atoms with E-state index in [2.05, 4.69) is 39.5 Å². The van der Waals surface area contributed by atoms with E-state index in [-0.39, 0.29) is 30.7 Å². The summed E-state index contributed by atoms with van der Waals surface area (Å²) < 4.78 is 22.9. The predicted molar refractivity (Wildman–Crippen MR) is 131 cm³/mol. The highest BCUT2D eigenvalue weighted by Gasteiger charge is 2.27. The number of ether oxygens (including phenoxy) is 2. The van der Waals surface area contributed by atoms with Crippen molar-refractivity contribution in [1.82, 2.24) is 4.90 Å². The van der Waals surface area contributed by atoms with E-state index in [1.807, 2.05) is 14.2 Å². The molecule has 0 aromatic rings. The third kappa shape index (κ3) is 18.7. The van der Waals surface area contributed by atoms with Crippen LogP contribution in [0.15, 0.2) is 0 Å². The van der Waals surface area contributed by atoms with Crippen LogP contribution in [0.3, 0.4) is 0 Å². The largest absolute Gasteiger partial charge is 0.427 e. The average Bonchev–Trinajstić information content (AvgIpc) is 2.65. The van der Waals surface area contributed by atoms with Crippen LogP contribution in [0.4, 0.5) is 0 Å². The molecule has 0 saturated carbocycles. The van der Waals surface area contributed by atoms with Gasteiger partial charge in [-0.2, -0.15) is 0 Å². The SMILES string of the molecule is CCN(CC(C)(C)OCCCCC[SiH2]OC)CC(C)(C)OCCCCC[SiH2]OC. The number of likely N-dealkylation sites (N-methyl/N-ethyl adjacent to an activating group) is 1. The van der Waals surface area contributed by atoms with Crippen LogP contribution in [0.25, 0.3) is 0 Å². The fraction of sp³-hybridized carbons (Fsp3) is 1.00. The van der Waals surface area contributed by atoms with Crippen molar-refractivity contribution in [2.24, 2.45) is 0 Å². The van der Waals surface area contributed by atoms with E-state index in [4.69, 9.17) is 18.3 Å². The van der Waals surface area contributed by atoms with Gasteiger partial charge in [-0.3, -0.25) is 4.90 Å². The molecule has 0 unspecified atom stereocenters. The third-order valence-electron chi connectivity index (χ3n) is 5.13. The molecule has 29 heavy (non-hydrogen) atoms. The number of hydrogen-bond acceptors (Lipinski definition) is 5. The molecule has 0 N–H and O–H groups in total. The molecule has 0 rings (SSSR count). The first-order chi connectivity index (χ1) is 13.8. The number of hydrogen-bond donors (Lipinski definition) is 0. The van der Waals surface area contributed by atoms with Crippen LogP contribution in [-0.4, -0.2) is 82.7 Å². The quantitative estimate of drug-likeness (QED) is 0.198. The van der Waals surface area contributed by atoms with E-state index in [1.165, 1.54) is 37.8 Å². The standard InChI is InChI=1S/C22H51NO4Si2/c1-8-23(19-21(2,3)26-15-11-9-13-17-28-24-6)20-22(4,5)27-16-12-10-14-18-29-25-7/h8-20,28-29H2,1-7H3. The van der Waals surface area contributed by atoms with Crippen molar-refractivity contribution in [1.29, 1.82) is 0 Å². The van der Waals surface area contributed by atoms with Gasteiger partial charge in [-0.15, -0.1) is 0 Å². The van der Waals surface area contributed by atoms with Crippen molar-refractivity contribution in [2.75, 3.05) is 47.1 Å². The van der Waals surface area contributed by atoms with Gasteiger partial charge in [0.1, 0.15) is 0 Å². The number of unbranched alkanes of at least 4 members (excludes halogenated alkanes) is 4. The molecule has 0 bridgehead atoms. The molecule has 0 aliphatic heterocycles. The lowest BCUT2D eigenvalue weighted by molar-refractivity contribution is -0.0729. The van der Waals surface area contributed by atoms with E-state index in [1.54, 1.807) is 0 Å². The minimum Gasteiger partial charge on any atom is -0.427 e. The van der Waals surface area contributed by atoms with Gasteiger partial charge in [0.05, 0.1) is 11.2 Å². The summed E-state index contributed by atoms with van der Waals surface area (Å²) in [5.74, 6) is 0. The van der Waals surface area contributed by atoms with Gasteiger partial charge in [0.2, 0.25) is 0 Å². The lowest BCUT2D eigenvalue weighted by Gasteiger charge is -2.37. The van der Waals surface area contributed by atoms with Crippen LogP contribution in [0, 0.1) is 0 Å². The van der Waals surface area contributed by atoms with Gasteiger partial charge in [0, 0.05) is 40.5 Å². The molecule has 176 valence electrons. The maximum absolute atomic E-state index is 6.22. The Balaban J connectivity index is 4.07. The summed E-state index contributed by atoms with van der Waals surface area (Å²) in [7, 11) is 3.16. The molecule has 0 aromatic heterocycles. The molecule has 0 radical (unpaired) electrons. The summed E-state index contributed by atoms with van der Waals surface area (Å²) >= 11 is 0. The van der Waals surface area contributed by atoms with Crippen LogP contribution in [0.1, 0.15) is 73.1 Å². The maximum atomic E-state index is 6.22. The highest BCUT2D eigenvalue weighted by atomic mass is 28.2. The Labute approximate surface area is 186 Å². The van der Waals surface area contributed by atoms with Crippen LogP contribution < -0.4 is 0 Å². The number of nitrogens with zero attached hydrogens (tertiary/aromatic N) is 1. The Kier molecular flexibility index (Phi) is 18.0. The van der Waals surface area contributed by atoms with Crippen molar-refractivity contribution < 1.29 is 18.3 Å². The van der Waals surface area contributed by atoms with E-state index < -0.39 is 0 Å². The second kappa shape index (κ2) is 17.9. The van der Waals surface area contributed by atoms with E-state index in [0.717, 1.165) is 45.7 Å². The van der Waals surface area contributed by atoms with Crippen LogP contribution in [0.2, 0.25) is 12.1 Å². The van der Waals surface area contributed by atoms with Gasteiger partial charge in [-0.05, 0) is 59.2 Å². The highest BCUT2D eigenvalue weighted by Crippen LogP contribution is 2.18. The van der Waals surface area contributed by atoms with Crippen molar-refractivity contribution in [3.05, 3.63) is 0 Å². The van der Waals surface area contributed by atoms with Crippen molar-refractivity contribution in [3.8, 4) is 0 Å². The molecule has 0 atom stereocenters. The smallest absolute Gasteiger partial charge is 0.161 e. The molecule has 0 spiro atoms. The summed E-state index contributed by atoms with van der Waals surface area (Å²) in [6.07, 6.45) is 7.36. The Morgan fingerprint density at radius 1 is 0.655 bits per heavy atom. The maximum Gasteiger partial charge on any atom is 0.161 e. The summed E-state index contributed by atoms with van der Waals surface area (Å²) in [4.78, 5) is 2.47. The summed E-state index contributed by atoms with van der Waals surface area (Å²) in [5.41, 5.74) is -0.253. The van der Waals surface area contributed by atoms with Crippen LogP contribution in [0.5, 0.6) is 0 Å². The van der Waals surface area contributed by atoms with Crippen molar-refractivity contribution in [2.45, 2.75) is 96.4 Å². The van der Waals surface area contributed by atoms with Crippen LogP contribution in [-0.2, 0) is 18.3 Å². The number of rotatable bonds is 21. The first-order valence-corrected chi connectivity index (χ1v) is 14.9. The molecule has 0 heterocycles. The zero-order chi connectivity index (χ0) is 22.0. The monoisotopic (exact) mass is 449 g/mol. The van der Waals surface area contributed by atoms with Gasteiger partial charge >= 0.3 is 0 Å². The normalized spacial score (nSPS) is 13.7. The van der Waals surface area contributed by atoms with Gasteiger partial charge in [-0.25, -0.2) is 0 Å². The van der Waals surface area contributed by atoms with Crippen LogP contribution >= 0.6 is 0 Å². The summed E-state index contributed by atoms with van der Waals surface area (Å²) in [5, 5.41) is 0. The summed E-state index contributed by atoms with van der Waals surface area (Å²) in [6, 6.07) is 2.57. The van der Waals surface area contributed by atoms with E-state index >= 15 is 0 Å². The second-order valence-electron chi connectivity index (χ2n) is 9.33. The van der Waals surface area contributed by atoms with E-state index in [0.29, 0.717) is 0 Å². The Morgan fingerprint density at radius 3 is 1.41 bits per heavy atom. The Bertz CT molecular complexity index is 339. The molecule has 0 aromatic carbocycles. The highest BCUT2D eigenvalue weighted by molar-refractivity contribution is 6.27. The first-order valence-electron chi connectivity index (χ1n) is 11.7. The molecule has 7 heteroatoms. The molecule has 5 nitrogen and oxygen atoms in total. The van der Waals surface area contributed by atoms with E-state index in [9.17, 15) is 0 Å². The molecule has 0 fully saturated rings. The molecule has 0 amide bonds. The molecule has 0 saturated heterocycles. The molecule has 0 aliphatic carbocycles. The minimum absolute atomic E-state index is 0.126.